The Balaban J connectivity index is 2.39. The summed E-state index contributed by atoms with van der Waals surface area (Å²) < 4.78 is 0. The Labute approximate surface area is 77.2 Å². The van der Waals surface area contributed by atoms with Crippen molar-refractivity contribution in [2.45, 2.75) is 13.3 Å². The van der Waals surface area contributed by atoms with Crippen molar-refractivity contribution in [1.82, 2.24) is 10.2 Å². The lowest BCUT2D eigenvalue weighted by Crippen LogP contribution is -2.20. The third-order valence-electron chi connectivity index (χ3n) is 1.76. The van der Waals surface area contributed by atoms with Crippen LogP contribution in [0, 0.1) is 12.3 Å². The lowest BCUT2D eigenvalue weighted by Gasteiger charge is -2.04. The number of rotatable bonds is 4. The first-order chi connectivity index (χ1) is 6.20. The van der Waals surface area contributed by atoms with Crippen LogP contribution >= 0.6 is 0 Å². The van der Waals surface area contributed by atoms with E-state index in [0.717, 1.165) is 5.69 Å². The van der Waals surface area contributed by atoms with E-state index < -0.39 is 0 Å². The van der Waals surface area contributed by atoms with Crippen LogP contribution in [0.3, 0.4) is 0 Å². The first kappa shape index (κ1) is 9.64. The second kappa shape index (κ2) is 4.54. The van der Waals surface area contributed by atoms with Crippen molar-refractivity contribution in [1.29, 1.82) is 0 Å². The van der Waals surface area contributed by atoms with Gasteiger partial charge in [0, 0.05) is 18.5 Å². The Hall–Kier alpha value is -1.45. The van der Waals surface area contributed by atoms with Crippen LogP contribution < -0.4 is 5.73 Å². The van der Waals surface area contributed by atoms with Gasteiger partial charge in [-0.3, -0.25) is 4.79 Å². The first-order valence-electron chi connectivity index (χ1n) is 4.10. The summed E-state index contributed by atoms with van der Waals surface area (Å²) in [6, 6.07) is 3.63. The number of primary amides is 1. The molecular formula is C9H12N3O. The maximum absolute atomic E-state index is 10.7. The maximum atomic E-state index is 10.7. The molecule has 0 aliphatic carbocycles. The molecule has 0 saturated carbocycles. The number of amides is 1. The highest BCUT2D eigenvalue weighted by Gasteiger charge is 2.08. The van der Waals surface area contributed by atoms with Gasteiger partial charge < -0.3 is 5.73 Å². The van der Waals surface area contributed by atoms with Crippen molar-refractivity contribution in [2.75, 3.05) is 0 Å². The molecule has 4 heteroatoms. The predicted molar refractivity (Wildman–Crippen MR) is 48.4 cm³/mol. The van der Waals surface area contributed by atoms with E-state index in [1.807, 2.05) is 12.5 Å². The Morgan fingerprint density at radius 1 is 1.77 bits per heavy atom. The minimum absolute atomic E-state index is 0.151. The van der Waals surface area contributed by atoms with Gasteiger partial charge in [0.1, 0.15) is 0 Å². The fourth-order valence-electron chi connectivity index (χ4n) is 0.836. The highest BCUT2D eigenvalue weighted by atomic mass is 16.1. The molecule has 0 bridgehead atoms. The van der Waals surface area contributed by atoms with Crippen molar-refractivity contribution < 1.29 is 4.79 Å². The Morgan fingerprint density at radius 2 is 2.54 bits per heavy atom. The molecule has 1 heterocycles. The zero-order valence-corrected chi connectivity index (χ0v) is 7.47. The first-order valence-corrected chi connectivity index (χ1v) is 4.10. The van der Waals surface area contributed by atoms with Crippen molar-refractivity contribution in [3.05, 3.63) is 30.4 Å². The summed E-state index contributed by atoms with van der Waals surface area (Å²) in [6.07, 6.45) is 4.06. The molecule has 1 aromatic heterocycles. The molecule has 0 saturated heterocycles. The van der Waals surface area contributed by atoms with E-state index in [2.05, 4.69) is 10.2 Å². The maximum Gasteiger partial charge on any atom is 0.220 e. The quantitative estimate of drug-likeness (QED) is 0.731. The van der Waals surface area contributed by atoms with Gasteiger partial charge in [0.05, 0.1) is 5.69 Å². The fourth-order valence-corrected chi connectivity index (χ4v) is 0.836. The number of carbonyl (C=O) groups excluding carboxylic acids is 1. The summed E-state index contributed by atoms with van der Waals surface area (Å²) in [5.41, 5.74) is 5.88. The van der Waals surface area contributed by atoms with Crippen LogP contribution in [0.5, 0.6) is 0 Å². The van der Waals surface area contributed by atoms with Gasteiger partial charge in [-0.15, -0.1) is 0 Å². The van der Waals surface area contributed by atoms with Crippen LogP contribution in [0.2, 0.25) is 0 Å². The van der Waals surface area contributed by atoms with Crippen molar-refractivity contribution in [2.24, 2.45) is 11.7 Å². The highest BCUT2D eigenvalue weighted by Crippen LogP contribution is 2.07. The normalized spacial score (nSPS) is 12.4. The third kappa shape index (κ3) is 3.19. The zero-order chi connectivity index (χ0) is 9.68. The summed E-state index contributed by atoms with van der Waals surface area (Å²) in [5, 5.41) is 7.56. The van der Waals surface area contributed by atoms with E-state index in [0.29, 0.717) is 6.42 Å². The average Bonchev–Trinajstić information content (AvgIpc) is 2.15. The van der Waals surface area contributed by atoms with Crippen LogP contribution in [-0.4, -0.2) is 16.1 Å². The Morgan fingerprint density at radius 3 is 3.08 bits per heavy atom. The smallest absolute Gasteiger partial charge is 0.220 e. The second-order valence-corrected chi connectivity index (χ2v) is 2.89. The molecule has 0 aliphatic heterocycles. The van der Waals surface area contributed by atoms with Crippen molar-refractivity contribution in [3.8, 4) is 0 Å². The average molecular weight is 178 g/mol. The van der Waals surface area contributed by atoms with Crippen molar-refractivity contribution >= 4 is 5.91 Å². The van der Waals surface area contributed by atoms with Gasteiger partial charge in [0.2, 0.25) is 5.91 Å². The van der Waals surface area contributed by atoms with E-state index in [1.165, 1.54) is 0 Å². The molecule has 69 valence electrons. The van der Waals surface area contributed by atoms with E-state index in [-0.39, 0.29) is 11.8 Å². The summed E-state index contributed by atoms with van der Waals surface area (Å²) in [6.45, 7) is 1.79. The summed E-state index contributed by atoms with van der Waals surface area (Å²) in [5.74, 6) is -0.442. The summed E-state index contributed by atoms with van der Waals surface area (Å²) >= 11 is 0. The molecule has 1 radical (unpaired) electrons. The van der Waals surface area contributed by atoms with Gasteiger partial charge >= 0.3 is 0 Å². The van der Waals surface area contributed by atoms with Crippen LogP contribution in [-0.2, 0) is 4.79 Å². The third-order valence-corrected chi connectivity index (χ3v) is 1.76. The van der Waals surface area contributed by atoms with Crippen LogP contribution in [0.15, 0.2) is 18.3 Å². The summed E-state index contributed by atoms with van der Waals surface area (Å²) in [4.78, 5) is 10.7. The lowest BCUT2D eigenvalue weighted by atomic mass is 10.0. The number of aromatic nitrogens is 2. The molecule has 4 nitrogen and oxygen atoms in total. The fraction of sp³-hybridized carbons (Fsp3) is 0.333. The summed E-state index contributed by atoms with van der Waals surface area (Å²) in [7, 11) is 0. The van der Waals surface area contributed by atoms with Gasteiger partial charge in [-0.2, -0.15) is 10.2 Å². The SMILES string of the molecule is C[C@H](C[CH]c1cccnn1)C(N)=O. The molecule has 1 atom stereocenters. The molecule has 1 amide bonds. The second-order valence-electron chi connectivity index (χ2n) is 2.89. The number of carbonyl (C=O) groups is 1. The van der Waals surface area contributed by atoms with E-state index >= 15 is 0 Å². The van der Waals surface area contributed by atoms with Gasteiger partial charge in [-0.25, -0.2) is 0 Å². The molecular weight excluding hydrogens is 166 g/mol. The minimum Gasteiger partial charge on any atom is -0.369 e. The van der Waals surface area contributed by atoms with Crippen LogP contribution in [0.1, 0.15) is 19.0 Å². The number of hydrogen-bond acceptors (Lipinski definition) is 3. The predicted octanol–water partition coefficient (Wildman–Crippen LogP) is 0.540. The van der Waals surface area contributed by atoms with E-state index in [4.69, 9.17) is 5.73 Å². The molecule has 1 aromatic rings. The molecule has 0 spiro atoms. The molecule has 0 aliphatic rings. The number of nitrogens with zero attached hydrogens (tertiary/aromatic N) is 2. The standard InChI is InChI=1S/C9H12N3O/c1-7(9(10)13)4-5-8-3-2-6-11-12-8/h2-3,5-7H,4H2,1H3,(H2,10,13)/t7-/m1/s1. The molecule has 0 aromatic carbocycles. The monoisotopic (exact) mass is 178 g/mol. The van der Waals surface area contributed by atoms with Gasteiger partial charge in [0.25, 0.3) is 0 Å². The lowest BCUT2D eigenvalue weighted by molar-refractivity contribution is -0.121. The molecule has 13 heavy (non-hydrogen) atoms. The van der Waals surface area contributed by atoms with Gasteiger partial charge in [-0.1, -0.05) is 6.92 Å². The molecule has 1 rings (SSSR count). The zero-order valence-electron chi connectivity index (χ0n) is 7.47. The minimum atomic E-state index is -0.292. The van der Waals surface area contributed by atoms with Crippen LogP contribution in [0.4, 0.5) is 0 Å². The molecule has 2 N–H and O–H groups in total. The van der Waals surface area contributed by atoms with E-state index in [1.54, 1.807) is 19.2 Å². The number of nitrogens with two attached hydrogens (primary N) is 1. The Kier molecular flexibility index (Phi) is 3.37. The van der Waals surface area contributed by atoms with Gasteiger partial charge in [0.15, 0.2) is 0 Å². The van der Waals surface area contributed by atoms with Gasteiger partial charge in [-0.05, 0) is 18.6 Å². The largest absolute Gasteiger partial charge is 0.369 e. The molecule has 0 fully saturated rings. The van der Waals surface area contributed by atoms with Crippen molar-refractivity contribution in [3.63, 3.8) is 0 Å². The molecule has 0 unspecified atom stereocenters. The highest BCUT2D eigenvalue weighted by molar-refractivity contribution is 5.76. The number of hydrogen-bond donors (Lipinski definition) is 1. The Bertz CT molecular complexity index is 273. The van der Waals surface area contributed by atoms with Crippen LogP contribution in [0.25, 0.3) is 0 Å². The topological polar surface area (TPSA) is 68.9 Å². The van der Waals surface area contributed by atoms with E-state index in [9.17, 15) is 4.79 Å².